The summed E-state index contributed by atoms with van der Waals surface area (Å²) in [5, 5.41) is 2.38. The fourth-order valence-corrected chi connectivity index (χ4v) is 4.42. The van der Waals surface area contributed by atoms with Crippen LogP contribution in [-0.2, 0) is 11.0 Å². The summed E-state index contributed by atoms with van der Waals surface area (Å²) < 4.78 is 77.8. The van der Waals surface area contributed by atoms with Gasteiger partial charge in [0.1, 0.15) is 0 Å². The maximum absolute atomic E-state index is 14.4. The Balaban J connectivity index is 1.41. The second-order valence-corrected chi connectivity index (χ2v) is 8.28. The van der Waals surface area contributed by atoms with Crippen LogP contribution in [0.25, 0.3) is 0 Å². The minimum absolute atomic E-state index is 0.0151. The summed E-state index contributed by atoms with van der Waals surface area (Å²) >= 11 is 0. The molecule has 0 bridgehead atoms. The number of halogens is 6. The summed E-state index contributed by atoms with van der Waals surface area (Å²) in [6.07, 6.45) is -3.66. The number of benzene rings is 1. The van der Waals surface area contributed by atoms with Gasteiger partial charge in [0.05, 0.1) is 11.3 Å². The third kappa shape index (κ3) is 6.27. The summed E-state index contributed by atoms with van der Waals surface area (Å²) in [7, 11) is 0. The minimum Gasteiger partial charge on any atom is -0.367 e. The summed E-state index contributed by atoms with van der Waals surface area (Å²) in [4.78, 5) is 15.0. The van der Waals surface area contributed by atoms with Crippen molar-refractivity contribution >= 4 is 11.6 Å². The highest BCUT2D eigenvalue weighted by Crippen LogP contribution is 2.35. The van der Waals surface area contributed by atoms with Gasteiger partial charge in [-0.05, 0) is 56.7 Å². The van der Waals surface area contributed by atoms with E-state index in [1.165, 1.54) is 12.1 Å². The van der Waals surface area contributed by atoms with E-state index in [0.717, 1.165) is 31.9 Å². The molecule has 0 unspecified atom stereocenters. The largest absolute Gasteiger partial charge is 0.419 e. The van der Waals surface area contributed by atoms with Crippen molar-refractivity contribution < 1.29 is 31.1 Å². The molecule has 0 spiro atoms. The average molecular weight is 451 g/mol. The summed E-state index contributed by atoms with van der Waals surface area (Å²) in [6, 6.07) is 3.17. The van der Waals surface area contributed by atoms with Gasteiger partial charge in [0.15, 0.2) is 5.82 Å². The van der Waals surface area contributed by atoms with E-state index in [4.69, 9.17) is 0 Å². The first-order valence-electron chi connectivity index (χ1n) is 10.6. The number of hydrogen-bond donors (Lipinski definition) is 1. The van der Waals surface area contributed by atoms with Crippen molar-refractivity contribution in [3.63, 3.8) is 0 Å². The SMILES string of the molecule is O=C(N[C@H]1CC[C@H](CCN2CCN(c3cccc(C(F)(F)F)c3F)CC2)CC1)C(F)F. The van der Waals surface area contributed by atoms with E-state index in [1.54, 1.807) is 4.90 Å². The molecule has 2 aliphatic rings. The molecule has 1 aliphatic heterocycles. The molecule has 2 fully saturated rings. The van der Waals surface area contributed by atoms with Crippen molar-refractivity contribution in [1.82, 2.24) is 10.2 Å². The first kappa shape index (κ1) is 23.7. The molecule has 1 heterocycles. The molecule has 1 saturated carbocycles. The van der Waals surface area contributed by atoms with Crippen LogP contribution in [0, 0.1) is 11.7 Å². The molecule has 1 saturated heterocycles. The van der Waals surface area contributed by atoms with Crippen LogP contribution in [0.1, 0.15) is 37.7 Å². The number of anilines is 1. The monoisotopic (exact) mass is 451 g/mol. The van der Waals surface area contributed by atoms with Gasteiger partial charge < -0.3 is 10.2 Å². The zero-order chi connectivity index (χ0) is 22.6. The Labute approximate surface area is 177 Å². The van der Waals surface area contributed by atoms with E-state index in [1.807, 2.05) is 0 Å². The van der Waals surface area contributed by atoms with E-state index >= 15 is 0 Å². The van der Waals surface area contributed by atoms with Crippen molar-refractivity contribution in [2.75, 3.05) is 37.6 Å². The number of nitrogens with one attached hydrogen (secondary N) is 1. The molecular formula is C21H27F6N3O. The molecule has 0 radical (unpaired) electrons. The first-order chi connectivity index (χ1) is 14.6. The molecule has 1 amide bonds. The highest BCUT2D eigenvalue weighted by atomic mass is 19.4. The minimum atomic E-state index is -4.72. The van der Waals surface area contributed by atoms with Crippen molar-refractivity contribution in [1.29, 1.82) is 0 Å². The average Bonchev–Trinajstić information content (AvgIpc) is 2.73. The smallest absolute Gasteiger partial charge is 0.367 e. The Kier molecular flexibility index (Phi) is 7.72. The highest BCUT2D eigenvalue weighted by Gasteiger charge is 2.36. The van der Waals surface area contributed by atoms with E-state index in [0.29, 0.717) is 44.9 Å². The number of carbonyl (C=O) groups excluding carboxylic acids is 1. The molecule has 1 aromatic carbocycles. The normalized spacial score (nSPS) is 23.3. The lowest BCUT2D eigenvalue weighted by molar-refractivity contribution is -0.140. The van der Waals surface area contributed by atoms with Gasteiger partial charge in [-0.3, -0.25) is 9.69 Å². The van der Waals surface area contributed by atoms with Crippen LogP contribution < -0.4 is 10.2 Å². The standard InChI is InChI=1S/C21H27F6N3O/c22-18-16(21(25,26)27)2-1-3-17(18)30-12-10-29(11-13-30)9-8-14-4-6-15(7-5-14)28-20(31)19(23)24/h1-3,14-15,19H,4-13H2,(H,28,31)/t14-,15-. The maximum Gasteiger partial charge on any atom is 0.419 e. The number of hydrogen-bond acceptors (Lipinski definition) is 3. The van der Waals surface area contributed by atoms with Crippen LogP contribution in [0.15, 0.2) is 18.2 Å². The topological polar surface area (TPSA) is 35.6 Å². The van der Waals surface area contributed by atoms with Gasteiger partial charge in [-0.2, -0.15) is 22.0 Å². The van der Waals surface area contributed by atoms with E-state index in [9.17, 15) is 31.1 Å². The Bertz CT molecular complexity index is 741. The molecule has 1 aliphatic carbocycles. The van der Waals surface area contributed by atoms with Crippen molar-refractivity contribution in [3.05, 3.63) is 29.6 Å². The zero-order valence-corrected chi connectivity index (χ0v) is 17.1. The van der Waals surface area contributed by atoms with Gasteiger partial charge in [0, 0.05) is 32.2 Å². The summed E-state index contributed by atoms with van der Waals surface area (Å²) in [5.41, 5.74) is -1.26. The molecule has 1 N–H and O–H groups in total. The number of piperazine rings is 1. The fourth-order valence-electron chi connectivity index (χ4n) is 4.42. The Morgan fingerprint density at radius 1 is 1.06 bits per heavy atom. The van der Waals surface area contributed by atoms with Gasteiger partial charge >= 0.3 is 12.6 Å². The molecule has 10 heteroatoms. The van der Waals surface area contributed by atoms with Crippen LogP contribution in [0.4, 0.5) is 32.0 Å². The van der Waals surface area contributed by atoms with Gasteiger partial charge in [0.2, 0.25) is 0 Å². The predicted octanol–water partition coefficient (Wildman–Crippen LogP) is 4.30. The van der Waals surface area contributed by atoms with Crippen LogP contribution in [0.5, 0.6) is 0 Å². The predicted molar refractivity (Wildman–Crippen MR) is 105 cm³/mol. The number of alkyl halides is 5. The third-order valence-corrected chi connectivity index (χ3v) is 6.24. The molecular weight excluding hydrogens is 424 g/mol. The van der Waals surface area contributed by atoms with Crippen molar-refractivity contribution in [3.8, 4) is 0 Å². The molecule has 31 heavy (non-hydrogen) atoms. The zero-order valence-electron chi connectivity index (χ0n) is 17.1. The Morgan fingerprint density at radius 3 is 2.29 bits per heavy atom. The van der Waals surface area contributed by atoms with Crippen LogP contribution in [0.2, 0.25) is 0 Å². The number of carbonyl (C=O) groups is 1. The lowest BCUT2D eigenvalue weighted by Gasteiger charge is -2.37. The molecule has 1 aromatic rings. The van der Waals surface area contributed by atoms with Gasteiger partial charge in [-0.15, -0.1) is 0 Å². The number of rotatable bonds is 6. The Hall–Kier alpha value is -1.97. The van der Waals surface area contributed by atoms with Crippen molar-refractivity contribution in [2.24, 2.45) is 5.92 Å². The Morgan fingerprint density at radius 2 is 1.71 bits per heavy atom. The van der Waals surface area contributed by atoms with Gasteiger partial charge in [-0.1, -0.05) is 6.07 Å². The molecule has 0 atom stereocenters. The molecule has 4 nitrogen and oxygen atoms in total. The van der Waals surface area contributed by atoms with E-state index in [2.05, 4.69) is 10.2 Å². The molecule has 174 valence electrons. The number of amides is 1. The molecule has 0 aromatic heterocycles. The summed E-state index contributed by atoms with van der Waals surface area (Å²) in [5.74, 6) is -1.98. The first-order valence-corrected chi connectivity index (χ1v) is 10.6. The maximum atomic E-state index is 14.4. The van der Waals surface area contributed by atoms with Crippen molar-refractivity contribution in [2.45, 2.75) is 50.7 Å². The lowest BCUT2D eigenvalue weighted by Crippen LogP contribution is -2.47. The third-order valence-electron chi connectivity index (χ3n) is 6.24. The summed E-state index contributed by atoms with van der Waals surface area (Å²) in [6.45, 7) is 3.00. The van der Waals surface area contributed by atoms with E-state index in [-0.39, 0.29) is 11.7 Å². The van der Waals surface area contributed by atoms with Gasteiger partial charge in [0.25, 0.3) is 5.91 Å². The molecule has 3 rings (SSSR count). The second kappa shape index (κ2) is 10.1. The lowest BCUT2D eigenvalue weighted by atomic mass is 9.84. The van der Waals surface area contributed by atoms with Gasteiger partial charge in [-0.25, -0.2) is 4.39 Å². The quantitative estimate of drug-likeness (QED) is 0.656. The van der Waals surface area contributed by atoms with Crippen LogP contribution in [-0.4, -0.2) is 56.0 Å². The fraction of sp³-hybridized carbons (Fsp3) is 0.667. The van der Waals surface area contributed by atoms with Crippen LogP contribution >= 0.6 is 0 Å². The van der Waals surface area contributed by atoms with Crippen LogP contribution in [0.3, 0.4) is 0 Å². The second-order valence-electron chi connectivity index (χ2n) is 8.28. The van der Waals surface area contributed by atoms with E-state index < -0.39 is 29.9 Å². The highest BCUT2D eigenvalue weighted by molar-refractivity contribution is 5.79. The number of nitrogens with zero attached hydrogens (tertiary/aromatic N) is 2.